The number of aromatic nitrogens is 2. The molecular weight excluding hydrogens is 844 g/mol. The van der Waals surface area contributed by atoms with Gasteiger partial charge in [-0.25, -0.2) is 18.4 Å². The van der Waals surface area contributed by atoms with Crippen LogP contribution in [0.3, 0.4) is 0 Å². The highest BCUT2D eigenvalue weighted by Crippen LogP contribution is 2.33. The second kappa shape index (κ2) is 19.8. The molecule has 0 radical (unpaired) electrons. The Morgan fingerprint density at radius 2 is 1.65 bits per heavy atom. The number of piperazine rings is 1. The van der Waals surface area contributed by atoms with Gasteiger partial charge in [0.05, 0.1) is 28.5 Å². The van der Waals surface area contributed by atoms with E-state index in [9.17, 15) is 18.5 Å². The SMILES string of the molecule is Cc1ccc(SC[C@@H](CCN2CCOCC2)Nc2ccc(S(=O)(=O)Nc3ncnc4cc(N5CCN(Cc6cc(Cl)ccc6-c6ccccc6)CC5)ccc34)cc2[N+](=O)[O-])cc1. The van der Waals surface area contributed by atoms with Crippen LogP contribution in [-0.4, -0.2) is 104 Å². The van der Waals surface area contributed by atoms with E-state index in [1.165, 1.54) is 35.2 Å². The van der Waals surface area contributed by atoms with Crippen LogP contribution >= 0.6 is 23.4 Å². The van der Waals surface area contributed by atoms with E-state index in [4.69, 9.17) is 16.3 Å². The first kappa shape index (κ1) is 43.4. The van der Waals surface area contributed by atoms with Gasteiger partial charge in [0.25, 0.3) is 15.7 Å². The minimum Gasteiger partial charge on any atom is -0.379 e. The molecule has 0 spiro atoms. The molecule has 6 aromatic rings. The van der Waals surface area contributed by atoms with E-state index >= 15 is 0 Å². The molecule has 2 fully saturated rings. The lowest BCUT2D eigenvalue weighted by atomic mass is 9.99. The van der Waals surface area contributed by atoms with E-state index in [0.717, 1.165) is 81.0 Å². The Bertz CT molecular complexity index is 2610. The first-order valence-corrected chi connectivity index (χ1v) is 23.6. The summed E-state index contributed by atoms with van der Waals surface area (Å²) in [4.78, 5) is 28.6. The molecule has 0 aliphatic carbocycles. The summed E-state index contributed by atoms with van der Waals surface area (Å²) in [6, 6.07) is 34.2. The lowest BCUT2D eigenvalue weighted by molar-refractivity contribution is -0.384. The van der Waals surface area contributed by atoms with Crippen molar-refractivity contribution in [3.05, 3.63) is 142 Å². The van der Waals surface area contributed by atoms with Gasteiger partial charge in [0, 0.05) is 91.2 Å². The van der Waals surface area contributed by atoms with E-state index in [1.807, 2.05) is 49.4 Å². The van der Waals surface area contributed by atoms with Crippen molar-refractivity contribution in [2.45, 2.75) is 35.7 Å². The second-order valence-electron chi connectivity index (χ2n) is 15.6. The quantitative estimate of drug-likeness (QED) is 0.0545. The number of halogens is 1. The van der Waals surface area contributed by atoms with Crippen molar-refractivity contribution in [3.63, 3.8) is 0 Å². The molecule has 0 amide bonds. The highest BCUT2D eigenvalue weighted by molar-refractivity contribution is 7.99. The topological polar surface area (TPSA) is 146 Å². The summed E-state index contributed by atoms with van der Waals surface area (Å²) in [6.07, 6.45) is 2.05. The van der Waals surface area contributed by atoms with Gasteiger partial charge < -0.3 is 15.0 Å². The maximum atomic E-state index is 13.9. The number of nitrogens with zero attached hydrogens (tertiary/aromatic N) is 6. The van der Waals surface area contributed by atoms with E-state index in [0.29, 0.717) is 34.9 Å². The standard InChI is InChI=1S/C46H49ClN8O5S2/c1-33-7-11-39(12-8-33)61-31-37(17-18-52-23-25-60-26-24-52)50-43-16-13-40(29-45(43)55(56)57)62(58,59)51-46-42-15-10-38(28-44(42)48-32-49-46)54-21-19-53(20-22-54)30-35-27-36(47)9-14-41(35)34-5-3-2-4-6-34/h2-16,27-29,32,37,50H,17-26,30-31H2,1H3,(H,48,49,51)/t37-/m1/s1. The lowest BCUT2D eigenvalue weighted by Crippen LogP contribution is -2.46. The average Bonchev–Trinajstić information content (AvgIpc) is 3.28. The number of aryl methyl sites for hydroxylation is 1. The average molecular weight is 894 g/mol. The molecule has 2 N–H and O–H groups in total. The van der Waals surface area contributed by atoms with Gasteiger partial charge in [-0.1, -0.05) is 65.7 Å². The van der Waals surface area contributed by atoms with Crippen LogP contribution < -0.4 is 14.9 Å². The largest absolute Gasteiger partial charge is 0.379 e. The number of benzene rings is 5. The number of nitrogens with one attached hydrogen (secondary N) is 2. The molecule has 0 saturated carbocycles. The van der Waals surface area contributed by atoms with Gasteiger partial charge in [0.15, 0.2) is 5.82 Å². The van der Waals surface area contributed by atoms with Crippen molar-refractivity contribution in [1.29, 1.82) is 0 Å². The predicted octanol–water partition coefficient (Wildman–Crippen LogP) is 8.58. The van der Waals surface area contributed by atoms with Crippen LogP contribution in [0.25, 0.3) is 22.0 Å². The number of sulfonamides is 1. The van der Waals surface area contributed by atoms with Crippen LogP contribution in [0, 0.1) is 17.0 Å². The number of morpholine rings is 1. The van der Waals surface area contributed by atoms with Crippen LogP contribution in [0.2, 0.25) is 5.02 Å². The molecule has 0 unspecified atom stereocenters. The van der Waals surface area contributed by atoms with Gasteiger partial charge in [-0.2, -0.15) is 0 Å². The highest BCUT2D eigenvalue weighted by Gasteiger charge is 2.26. The number of nitro groups is 1. The third-order valence-corrected chi connectivity index (χ3v) is 14.1. The van der Waals surface area contributed by atoms with Crippen molar-refractivity contribution < 1.29 is 18.1 Å². The summed E-state index contributed by atoms with van der Waals surface area (Å²) in [5.74, 6) is 0.744. The Balaban J connectivity index is 0.940. The zero-order valence-electron chi connectivity index (χ0n) is 34.5. The molecule has 16 heteroatoms. The van der Waals surface area contributed by atoms with Gasteiger partial charge in [-0.05, 0) is 84.6 Å². The van der Waals surface area contributed by atoms with Gasteiger partial charge in [0.1, 0.15) is 12.0 Å². The Kier molecular flexibility index (Phi) is 13.9. The minimum absolute atomic E-state index is 0.0864. The second-order valence-corrected chi connectivity index (χ2v) is 18.8. The molecule has 2 aliphatic heterocycles. The van der Waals surface area contributed by atoms with Gasteiger partial charge >= 0.3 is 0 Å². The fourth-order valence-electron chi connectivity index (χ4n) is 7.87. The Morgan fingerprint density at radius 1 is 0.871 bits per heavy atom. The molecule has 2 saturated heterocycles. The summed E-state index contributed by atoms with van der Waals surface area (Å²) < 4.78 is 35.8. The normalized spacial score (nSPS) is 15.7. The maximum Gasteiger partial charge on any atom is 0.293 e. The van der Waals surface area contributed by atoms with Crippen LogP contribution in [0.1, 0.15) is 17.5 Å². The molecule has 1 aromatic heterocycles. The first-order chi connectivity index (χ1) is 30.1. The third-order valence-electron chi connectivity index (χ3n) is 11.3. The van der Waals surface area contributed by atoms with Crippen molar-refractivity contribution in [2.24, 2.45) is 0 Å². The smallest absolute Gasteiger partial charge is 0.293 e. The fraction of sp³-hybridized carbons (Fsp3) is 0.304. The number of hydrogen-bond donors (Lipinski definition) is 2. The highest BCUT2D eigenvalue weighted by atomic mass is 35.5. The van der Waals surface area contributed by atoms with Gasteiger partial charge in [0.2, 0.25) is 0 Å². The van der Waals surface area contributed by atoms with Crippen LogP contribution in [0.15, 0.2) is 125 Å². The predicted molar refractivity (Wildman–Crippen MR) is 249 cm³/mol. The lowest BCUT2D eigenvalue weighted by Gasteiger charge is -2.36. The summed E-state index contributed by atoms with van der Waals surface area (Å²) >= 11 is 8.11. The number of thioether (sulfide) groups is 1. The number of fused-ring (bicyclic) bond motifs is 1. The Hall–Kier alpha value is -5.29. The molecule has 322 valence electrons. The summed E-state index contributed by atoms with van der Waals surface area (Å²) in [6.45, 7) is 9.91. The molecular formula is C46H49ClN8O5S2. The van der Waals surface area contributed by atoms with E-state index in [-0.39, 0.29) is 28.1 Å². The molecule has 5 aromatic carbocycles. The van der Waals surface area contributed by atoms with Crippen LogP contribution in [-0.2, 0) is 21.3 Å². The molecule has 0 bridgehead atoms. The Labute approximate surface area is 371 Å². The van der Waals surface area contributed by atoms with Crippen LogP contribution in [0.5, 0.6) is 0 Å². The number of hydrogen-bond acceptors (Lipinski definition) is 12. The Morgan fingerprint density at radius 3 is 2.40 bits per heavy atom. The number of anilines is 3. The summed E-state index contributed by atoms with van der Waals surface area (Å²) in [5.41, 5.74) is 6.16. The molecule has 13 nitrogen and oxygen atoms in total. The van der Waals surface area contributed by atoms with Gasteiger partial charge in [-0.15, -0.1) is 11.8 Å². The van der Waals surface area contributed by atoms with E-state index < -0.39 is 14.9 Å². The molecule has 1 atom stereocenters. The zero-order chi connectivity index (χ0) is 43.1. The number of rotatable bonds is 16. The van der Waals surface area contributed by atoms with Crippen LogP contribution in [0.4, 0.5) is 22.9 Å². The summed E-state index contributed by atoms with van der Waals surface area (Å²) in [5, 5.41) is 17.1. The van der Waals surface area contributed by atoms with Crippen molar-refractivity contribution in [1.82, 2.24) is 19.8 Å². The third kappa shape index (κ3) is 10.8. The molecule has 3 heterocycles. The first-order valence-electron chi connectivity index (χ1n) is 20.7. The molecule has 62 heavy (non-hydrogen) atoms. The number of nitro benzene ring substituents is 1. The fourth-order valence-corrected chi connectivity index (χ4v) is 10.1. The van der Waals surface area contributed by atoms with E-state index in [2.05, 4.69) is 83.2 Å². The molecule has 8 rings (SSSR count). The van der Waals surface area contributed by atoms with Crippen molar-refractivity contribution in [2.75, 3.05) is 79.7 Å². The molecule has 2 aliphatic rings. The monoisotopic (exact) mass is 892 g/mol. The minimum atomic E-state index is -4.29. The van der Waals surface area contributed by atoms with E-state index in [1.54, 1.807) is 11.8 Å². The van der Waals surface area contributed by atoms with Crippen molar-refractivity contribution in [3.8, 4) is 11.1 Å². The maximum absolute atomic E-state index is 13.9. The summed E-state index contributed by atoms with van der Waals surface area (Å²) in [7, 11) is -4.29. The van der Waals surface area contributed by atoms with Gasteiger partial charge in [-0.3, -0.25) is 24.6 Å². The number of ether oxygens (including phenoxy) is 1. The zero-order valence-corrected chi connectivity index (χ0v) is 36.8. The van der Waals surface area contributed by atoms with Crippen molar-refractivity contribution >= 4 is 67.2 Å².